The van der Waals surface area contributed by atoms with E-state index in [-0.39, 0.29) is 24.0 Å². The molecule has 1 aliphatic heterocycles. The summed E-state index contributed by atoms with van der Waals surface area (Å²) >= 11 is 0. The molecule has 1 fully saturated rings. The van der Waals surface area contributed by atoms with Gasteiger partial charge in [0.1, 0.15) is 6.10 Å². The maximum absolute atomic E-state index is 12.2. The number of esters is 1. The van der Waals surface area contributed by atoms with Crippen molar-refractivity contribution in [2.24, 2.45) is 0 Å². The van der Waals surface area contributed by atoms with Crippen molar-refractivity contribution in [1.29, 1.82) is 0 Å². The van der Waals surface area contributed by atoms with E-state index in [2.05, 4.69) is 19.1 Å². The van der Waals surface area contributed by atoms with Crippen LogP contribution in [0.4, 0.5) is 0 Å². The number of unbranched alkanes of at least 4 members (excludes halogenated alkanes) is 1. The smallest absolute Gasteiger partial charge is 0.306 e. The number of Topliss-reactive ketones (excluding diaryl/α,β-unsaturated/α-hetero) is 1. The van der Waals surface area contributed by atoms with Gasteiger partial charge in [0.2, 0.25) is 0 Å². The van der Waals surface area contributed by atoms with E-state index in [4.69, 9.17) is 9.47 Å². The molecule has 0 aromatic carbocycles. The van der Waals surface area contributed by atoms with E-state index in [1.807, 2.05) is 0 Å². The highest BCUT2D eigenvalue weighted by Crippen LogP contribution is 2.32. The van der Waals surface area contributed by atoms with E-state index in [1.165, 1.54) is 5.57 Å². The Morgan fingerprint density at radius 1 is 1.26 bits per heavy atom. The van der Waals surface area contributed by atoms with Gasteiger partial charge in [-0.2, -0.15) is 0 Å². The van der Waals surface area contributed by atoms with Crippen LogP contribution in [-0.2, 0) is 19.1 Å². The molecule has 2 aliphatic rings. The third kappa shape index (κ3) is 5.03. The predicted molar refractivity (Wildman–Crippen MR) is 89.1 cm³/mol. The summed E-state index contributed by atoms with van der Waals surface area (Å²) in [5.41, 5.74) is 2.13. The van der Waals surface area contributed by atoms with Crippen LogP contribution < -0.4 is 0 Å². The zero-order valence-electron chi connectivity index (χ0n) is 14.3. The maximum atomic E-state index is 12.2. The van der Waals surface area contributed by atoms with Gasteiger partial charge in [-0.3, -0.25) is 9.59 Å². The number of allylic oxidation sites excluding steroid dienone is 3. The fourth-order valence-electron chi connectivity index (χ4n) is 3.41. The molecule has 23 heavy (non-hydrogen) atoms. The minimum absolute atomic E-state index is 0.0446. The average Bonchev–Trinajstić information content (AvgIpc) is 3.08. The lowest BCUT2D eigenvalue weighted by Gasteiger charge is -2.14. The molecule has 0 radical (unpaired) electrons. The standard InChI is InChI=1S/C19H28O4/c1-3-4-5-9-15-16(18(22-2)13-17(15)20)10-7-6-8-14-11-12-19(21)23-14/h4-5,14,18H,3,6-13H2,1-2H3/b5-4-. The molecule has 2 atom stereocenters. The van der Waals surface area contributed by atoms with Gasteiger partial charge in [-0.25, -0.2) is 0 Å². The molecule has 2 rings (SSSR count). The van der Waals surface area contributed by atoms with Gasteiger partial charge in [-0.05, 0) is 50.5 Å². The first kappa shape index (κ1) is 17.9. The SMILES string of the molecule is CC/C=C\CC1=C(CCCCC2CCC(=O)O2)C(OC)CC1=O. The van der Waals surface area contributed by atoms with Crippen LogP contribution in [0.1, 0.15) is 64.7 Å². The van der Waals surface area contributed by atoms with Gasteiger partial charge in [0.15, 0.2) is 5.78 Å². The third-order valence-corrected chi connectivity index (χ3v) is 4.68. The minimum atomic E-state index is -0.0662. The number of carbonyl (C=O) groups is 2. The molecule has 4 heteroatoms. The number of hydrogen-bond donors (Lipinski definition) is 0. The van der Waals surface area contributed by atoms with Crippen LogP contribution >= 0.6 is 0 Å². The largest absolute Gasteiger partial charge is 0.462 e. The van der Waals surface area contributed by atoms with Gasteiger partial charge < -0.3 is 9.47 Å². The van der Waals surface area contributed by atoms with Crippen molar-refractivity contribution in [2.45, 2.75) is 76.9 Å². The summed E-state index contributed by atoms with van der Waals surface area (Å²) < 4.78 is 10.7. The highest BCUT2D eigenvalue weighted by atomic mass is 16.5. The Bertz CT molecular complexity index is 490. The molecule has 0 aromatic rings. The van der Waals surface area contributed by atoms with Crippen LogP contribution in [0.15, 0.2) is 23.3 Å². The summed E-state index contributed by atoms with van der Waals surface area (Å²) in [5.74, 6) is 0.167. The molecule has 128 valence electrons. The van der Waals surface area contributed by atoms with Gasteiger partial charge in [0.25, 0.3) is 0 Å². The van der Waals surface area contributed by atoms with Crippen molar-refractivity contribution >= 4 is 11.8 Å². The number of cyclic esters (lactones) is 1. The molecule has 4 nitrogen and oxygen atoms in total. The molecular formula is C19H28O4. The van der Waals surface area contributed by atoms with Gasteiger partial charge in [-0.15, -0.1) is 0 Å². The summed E-state index contributed by atoms with van der Waals surface area (Å²) in [6, 6.07) is 0. The number of hydrogen-bond acceptors (Lipinski definition) is 4. The molecule has 1 saturated heterocycles. The number of methoxy groups -OCH3 is 1. The van der Waals surface area contributed by atoms with E-state index >= 15 is 0 Å². The highest BCUT2D eigenvalue weighted by Gasteiger charge is 2.31. The average molecular weight is 320 g/mol. The predicted octanol–water partition coefficient (Wildman–Crippen LogP) is 3.89. The van der Waals surface area contributed by atoms with Crippen LogP contribution in [-0.4, -0.2) is 31.1 Å². The molecule has 0 bridgehead atoms. The number of ketones is 1. The summed E-state index contributed by atoms with van der Waals surface area (Å²) in [4.78, 5) is 23.3. The van der Waals surface area contributed by atoms with Crippen LogP contribution in [0.3, 0.4) is 0 Å². The summed E-state index contributed by atoms with van der Waals surface area (Å²) in [7, 11) is 1.68. The van der Waals surface area contributed by atoms with Crippen LogP contribution in [0.2, 0.25) is 0 Å². The van der Waals surface area contributed by atoms with Crippen molar-refractivity contribution in [1.82, 2.24) is 0 Å². The summed E-state index contributed by atoms with van der Waals surface area (Å²) in [5, 5.41) is 0. The van der Waals surface area contributed by atoms with Gasteiger partial charge in [0.05, 0.1) is 6.10 Å². The quantitative estimate of drug-likeness (QED) is 0.367. The Morgan fingerprint density at radius 2 is 2.09 bits per heavy atom. The Morgan fingerprint density at radius 3 is 2.74 bits per heavy atom. The normalized spacial score (nSPS) is 25.0. The number of rotatable bonds is 9. The lowest BCUT2D eigenvalue weighted by Crippen LogP contribution is -2.11. The molecule has 0 aromatic heterocycles. The first-order chi connectivity index (χ1) is 11.2. The fraction of sp³-hybridized carbons (Fsp3) is 0.684. The Balaban J connectivity index is 1.86. The second kappa shape index (κ2) is 9.02. The van der Waals surface area contributed by atoms with Crippen LogP contribution in [0, 0.1) is 0 Å². The number of ether oxygens (including phenoxy) is 2. The summed E-state index contributed by atoms with van der Waals surface area (Å²) in [6.07, 6.45) is 11.7. The van der Waals surface area contributed by atoms with Crippen molar-refractivity contribution in [3.63, 3.8) is 0 Å². The molecule has 0 saturated carbocycles. The van der Waals surface area contributed by atoms with Crippen molar-refractivity contribution < 1.29 is 19.1 Å². The van der Waals surface area contributed by atoms with Crippen molar-refractivity contribution in [2.75, 3.05) is 7.11 Å². The molecule has 1 aliphatic carbocycles. The monoisotopic (exact) mass is 320 g/mol. The molecule has 0 N–H and O–H groups in total. The molecule has 0 amide bonds. The van der Waals surface area contributed by atoms with E-state index in [1.54, 1.807) is 7.11 Å². The Labute approximate surface area is 138 Å². The van der Waals surface area contributed by atoms with E-state index in [0.29, 0.717) is 12.8 Å². The topological polar surface area (TPSA) is 52.6 Å². The highest BCUT2D eigenvalue weighted by molar-refractivity contribution is 5.99. The first-order valence-electron chi connectivity index (χ1n) is 8.78. The lowest BCUT2D eigenvalue weighted by molar-refractivity contribution is -0.141. The summed E-state index contributed by atoms with van der Waals surface area (Å²) in [6.45, 7) is 2.09. The zero-order chi connectivity index (χ0) is 16.7. The van der Waals surface area contributed by atoms with Gasteiger partial charge in [-0.1, -0.05) is 19.1 Å². The van der Waals surface area contributed by atoms with E-state index in [9.17, 15) is 9.59 Å². The molecule has 2 unspecified atom stereocenters. The van der Waals surface area contributed by atoms with Crippen LogP contribution in [0.25, 0.3) is 0 Å². The second-order valence-corrected chi connectivity index (χ2v) is 6.34. The zero-order valence-corrected chi connectivity index (χ0v) is 14.3. The Kier molecular flexibility index (Phi) is 7.03. The molecular weight excluding hydrogens is 292 g/mol. The van der Waals surface area contributed by atoms with Crippen LogP contribution in [0.5, 0.6) is 0 Å². The second-order valence-electron chi connectivity index (χ2n) is 6.34. The fourth-order valence-corrected chi connectivity index (χ4v) is 3.41. The van der Waals surface area contributed by atoms with E-state index in [0.717, 1.165) is 50.5 Å². The van der Waals surface area contributed by atoms with Crippen molar-refractivity contribution in [3.05, 3.63) is 23.3 Å². The Hall–Kier alpha value is -1.42. The van der Waals surface area contributed by atoms with Gasteiger partial charge >= 0.3 is 5.97 Å². The van der Waals surface area contributed by atoms with E-state index < -0.39 is 0 Å². The maximum Gasteiger partial charge on any atom is 0.306 e. The molecule has 1 heterocycles. The van der Waals surface area contributed by atoms with Crippen molar-refractivity contribution in [3.8, 4) is 0 Å². The van der Waals surface area contributed by atoms with Gasteiger partial charge in [0, 0.05) is 25.5 Å². The first-order valence-corrected chi connectivity index (χ1v) is 8.78. The minimum Gasteiger partial charge on any atom is -0.462 e. The third-order valence-electron chi connectivity index (χ3n) is 4.68. The number of carbonyl (C=O) groups excluding carboxylic acids is 2. The lowest BCUT2D eigenvalue weighted by atomic mass is 9.99. The molecule has 0 spiro atoms.